The second kappa shape index (κ2) is 5.63. The number of carboxylic acids is 1. The zero-order chi connectivity index (χ0) is 15.6. The van der Waals surface area contributed by atoms with Gasteiger partial charge in [-0.05, 0) is 38.3 Å². The molecule has 0 radical (unpaired) electrons. The average molecular weight is 292 g/mol. The highest BCUT2D eigenvalue weighted by molar-refractivity contribution is 5.93. The Balaban J connectivity index is 2.08. The number of phenols is 1. The number of amides is 2. The molecule has 1 fully saturated rings. The van der Waals surface area contributed by atoms with Crippen LogP contribution in [0.3, 0.4) is 0 Å². The van der Waals surface area contributed by atoms with E-state index < -0.39 is 11.4 Å². The Labute approximate surface area is 123 Å². The van der Waals surface area contributed by atoms with E-state index in [1.165, 1.54) is 11.0 Å². The molecule has 1 saturated carbocycles. The van der Waals surface area contributed by atoms with Crippen molar-refractivity contribution in [1.29, 1.82) is 0 Å². The number of hydrogen-bond donors (Lipinski definition) is 3. The van der Waals surface area contributed by atoms with E-state index >= 15 is 0 Å². The number of carbonyl (C=O) groups excluding carboxylic acids is 1. The number of aryl methyl sites for hydroxylation is 1. The van der Waals surface area contributed by atoms with Crippen LogP contribution < -0.4 is 10.2 Å². The Morgan fingerprint density at radius 2 is 2.05 bits per heavy atom. The molecule has 0 heterocycles. The predicted molar refractivity (Wildman–Crippen MR) is 78.6 cm³/mol. The summed E-state index contributed by atoms with van der Waals surface area (Å²) < 4.78 is 0. The summed E-state index contributed by atoms with van der Waals surface area (Å²) in [4.78, 5) is 24.9. The maximum Gasteiger partial charge on any atom is 0.321 e. The molecule has 2 amide bonds. The topological polar surface area (TPSA) is 89.9 Å². The minimum atomic E-state index is -0.862. The molecule has 114 valence electrons. The number of nitrogens with zero attached hydrogens (tertiary/aromatic N) is 1. The quantitative estimate of drug-likeness (QED) is 0.775. The van der Waals surface area contributed by atoms with Crippen molar-refractivity contribution in [2.75, 3.05) is 18.0 Å². The highest BCUT2D eigenvalue weighted by atomic mass is 16.4. The molecule has 2 rings (SSSR count). The SMILES string of the molecule is CCN(C(=O)NCC1(C(=O)O)CC1)c1cc(O)ccc1C. The Morgan fingerprint density at radius 3 is 2.57 bits per heavy atom. The number of urea groups is 1. The van der Waals surface area contributed by atoms with Gasteiger partial charge in [-0.25, -0.2) is 4.79 Å². The van der Waals surface area contributed by atoms with Crippen LogP contribution in [0.1, 0.15) is 25.3 Å². The maximum atomic E-state index is 12.3. The zero-order valence-electron chi connectivity index (χ0n) is 12.2. The van der Waals surface area contributed by atoms with Gasteiger partial charge in [-0.2, -0.15) is 0 Å². The number of aromatic hydroxyl groups is 1. The summed E-state index contributed by atoms with van der Waals surface area (Å²) in [5.74, 6) is -0.773. The van der Waals surface area contributed by atoms with E-state index in [2.05, 4.69) is 5.32 Å². The molecular formula is C15H20N2O4. The average Bonchev–Trinajstić information content (AvgIpc) is 3.22. The molecule has 0 bridgehead atoms. The Morgan fingerprint density at radius 1 is 1.38 bits per heavy atom. The predicted octanol–water partition coefficient (Wildman–Crippen LogP) is 2.10. The maximum absolute atomic E-state index is 12.3. The first kappa shape index (κ1) is 15.2. The van der Waals surface area contributed by atoms with Gasteiger partial charge in [0, 0.05) is 19.2 Å². The smallest absolute Gasteiger partial charge is 0.321 e. The molecule has 0 atom stereocenters. The monoisotopic (exact) mass is 292 g/mol. The summed E-state index contributed by atoms with van der Waals surface area (Å²) in [6, 6.07) is 4.48. The molecule has 1 aliphatic rings. The fourth-order valence-electron chi connectivity index (χ4n) is 2.27. The van der Waals surface area contributed by atoms with E-state index in [0.29, 0.717) is 25.1 Å². The second-order valence-electron chi connectivity index (χ2n) is 5.46. The molecule has 3 N–H and O–H groups in total. The zero-order valence-corrected chi connectivity index (χ0v) is 12.2. The lowest BCUT2D eigenvalue weighted by molar-refractivity contribution is -0.143. The lowest BCUT2D eigenvalue weighted by Gasteiger charge is -2.24. The summed E-state index contributed by atoms with van der Waals surface area (Å²) in [5, 5.41) is 21.4. The van der Waals surface area contributed by atoms with Gasteiger partial charge in [0.05, 0.1) is 11.1 Å². The first-order valence-electron chi connectivity index (χ1n) is 6.98. The van der Waals surface area contributed by atoms with Gasteiger partial charge in [-0.1, -0.05) is 6.07 Å². The fourth-order valence-corrected chi connectivity index (χ4v) is 2.27. The van der Waals surface area contributed by atoms with Gasteiger partial charge in [0.15, 0.2) is 0 Å². The van der Waals surface area contributed by atoms with Crippen LogP contribution in [0.4, 0.5) is 10.5 Å². The van der Waals surface area contributed by atoms with Crippen molar-refractivity contribution in [2.24, 2.45) is 5.41 Å². The van der Waals surface area contributed by atoms with Crippen LogP contribution in [0.15, 0.2) is 18.2 Å². The first-order chi connectivity index (χ1) is 9.89. The van der Waals surface area contributed by atoms with Crippen LogP contribution in [-0.4, -0.2) is 35.3 Å². The number of hydrogen-bond acceptors (Lipinski definition) is 3. The van der Waals surface area contributed by atoms with Gasteiger partial charge < -0.3 is 15.5 Å². The lowest BCUT2D eigenvalue weighted by Crippen LogP contribution is -2.43. The molecule has 21 heavy (non-hydrogen) atoms. The molecule has 0 unspecified atom stereocenters. The van der Waals surface area contributed by atoms with Gasteiger partial charge in [-0.15, -0.1) is 0 Å². The number of phenolic OH excluding ortho intramolecular Hbond substituents is 1. The Hall–Kier alpha value is -2.24. The van der Waals surface area contributed by atoms with E-state index in [1.807, 2.05) is 13.8 Å². The van der Waals surface area contributed by atoms with Gasteiger partial charge in [0.25, 0.3) is 0 Å². The molecule has 0 saturated heterocycles. The van der Waals surface area contributed by atoms with Crippen molar-refractivity contribution in [3.05, 3.63) is 23.8 Å². The third kappa shape index (κ3) is 3.09. The summed E-state index contributed by atoms with van der Waals surface area (Å²) in [5.41, 5.74) is 0.697. The molecule has 0 spiro atoms. The third-order valence-electron chi connectivity index (χ3n) is 3.93. The fraction of sp³-hybridized carbons (Fsp3) is 0.467. The molecule has 0 aliphatic heterocycles. The van der Waals surface area contributed by atoms with Crippen molar-refractivity contribution in [2.45, 2.75) is 26.7 Å². The molecule has 1 aromatic carbocycles. The Kier molecular flexibility index (Phi) is 4.06. The third-order valence-corrected chi connectivity index (χ3v) is 3.93. The minimum absolute atomic E-state index is 0.0889. The number of carboxylic acid groups (broad SMARTS) is 1. The minimum Gasteiger partial charge on any atom is -0.508 e. The van der Waals surface area contributed by atoms with Gasteiger partial charge >= 0.3 is 12.0 Å². The molecule has 6 heteroatoms. The van der Waals surface area contributed by atoms with E-state index in [9.17, 15) is 14.7 Å². The van der Waals surface area contributed by atoms with E-state index in [0.717, 1.165) is 5.56 Å². The molecule has 6 nitrogen and oxygen atoms in total. The highest BCUT2D eigenvalue weighted by Crippen LogP contribution is 2.45. The number of rotatable bonds is 5. The highest BCUT2D eigenvalue weighted by Gasteiger charge is 2.50. The van der Waals surface area contributed by atoms with Crippen molar-refractivity contribution in [3.8, 4) is 5.75 Å². The summed E-state index contributed by atoms with van der Waals surface area (Å²) in [7, 11) is 0. The second-order valence-corrected chi connectivity index (χ2v) is 5.46. The lowest BCUT2D eigenvalue weighted by atomic mass is 10.1. The number of nitrogens with one attached hydrogen (secondary N) is 1. The van der Waals surface area contributed by atoms with E-state index in [4.69, 9.17) is 5.11 Å². The van der Waals surface area contributed by atoms with Crippen molar-refractivity contribution in [1.82, 2.24) is 5.32 Å². The summed E-state index contributed by atoms with van der Waals surface area (Å²) in [6.07, 6.45) is 1.19. The van der Waals surface area contributed by atoms with Crippen molar-refractivity contribution < 1.29 is 19.8 Å². The van der Waals surface area contributed by atoms with Gasteiger partial charge in [-0.3, -0.25) is 9.69 Å². The van der Waals surface area contributed by atoms with Crippen LogP contribution in [0.5, 0.6) is 5.75 Å². The molecule has 1 aromatic rings. The standard InChI is InChI=1S/C15H20N2O4/c1-3-17(12-8-11(18)5-4-10(12)2)14(21)16-9-15(6-7-15)13(19)20/h4-5,8,18H,3,6-7,9H2,1-2H3,(H,16,21)(H,19,20). The molecule has 1 aliphatic carbocycles. The first-order valence-corrected chi connectivity index (χ1v) is 6.98. The largest absolute Gasteiger partial charge is 0.508 e. The van der Waals surface area contributed by atoms with Crippen LogP contribution in [0, 0.1) is 12.3 Å². The molecule has 0 aromatic heterocycles. The summed E-state index contributed by atoms with van der Waals surface area (Å²) in [6.45, 7) is 4.24. The Bertz CT molecular complexity index is 567. The van der Waals surface area contributed by atoms with Crippen LogP contribution in [0.25, 0.3) is 0 Å². The van der Waals surface area contributed by atoms with Crippen molar-refractivity contribution >= 4 is 17.7 Å². The number of benzene rings is 1. The number of anilines is 1. The summed E-state index contributed by atoms with van der Waals surface area (Å²) >= 11 is 0. The van der Waals surface area contributed by atoms with Crippen LogP contribution >= 0.6 is 0 Å². The molecular weight excluding hydrogens is 272 g/mol. The van der Waals surface area contributed by atoms with E-state index in [1.54, 1.807) is 12.1 Å². The van der Waals surface area contributed by atoms with E-state index in [-0.39, 0.29) is 18.3 Å². The number of aliphatic carboxylic acids is 1. The van der Waals surface area contributed by atoms with Crippen LogP contribution in [0.2, 0.25) is 0 Å². The normalized spacial score (nSPS) is 15.3. The van der Waals surface area contributed by atoms with Gasteiger partial charge in [0.1, 0.15) is 5.75 Å². The number of carbonyl (C=O) groups is 2. The van der Waals surface area contributed by atoms with Crippen LogP contribution in [-0.2, 0) is 4.79 Å². The van der Waals surface area contributed by atoms with Gasteiger partial charge in [0.2, 0.25) is 0 Å². The van der Waals surface area contributed by atoms with Crippen molar-refractivity contribution in [3.63, 3.8) is 0 Å².